The van der Waals surface area contributed by atoms with Crippen molar-refractivity contribution in [3.05, 3.63) is 75.6 Å². The van der Waals surface area contributed by atoms with Crippen LogP contribution in [-0.4, -0.2) is 17.0 Å². The lowest BCUT2D eigenvalue weighted by atomic mass is 9.87. The van der Waals surface area contributed by atoms with Gasteiger partial charge in [0, 0.05) is 21.5 Å². The van der Waals surface area contributed by atoms with Crippen molar-refractivity contribution in [1.82, 2.24) is 0 Å². The molecular weight excluding hydrogens is 394 g/mol. The molecule has 0 fully saturated rings. The molecule has 0 bridgehead atoms. The number of hydrogen-bond donors (Lipinski definition) is 2. The van der Waals surface area contributed by atoms with Crippen LogP contribution in [0.25, 0.3) is 11.1 Å². The van der Waals surface area contributed by atoms with E-state index < -0.39 is 5.97 Å². The zero-order valence-electron chi connectivity index (χ0n) is 15.7. The summed E-state index contributed by atoms with van der Waals surface area (Å²) in [6.07, 6.45) is 0. The van der Waals surface area contributed by atoms with Crippen LogP contribution in [0.5, 0.6) is 0 Å². The van der Waals surface area contributed by atoms with Crippen molar-refractivity contribution in [2.75, 3.05) is 5.32 Å². The highest BCUT2D eigenvalue weighted by molar-refractivity contribution is 7.15. The normalized spacial score (nSPS) is 11.3. The summed E-state index contributed by atoms with van der Waals surface area (Å²) in [5.41, 5.74) is 2.95. The van der Waals surface area contributed by atoms with Crippen LogP contribution >= 0.6 is 22.9 Å². The molecule has 3 rings (SSSR count). The molecule has 3 aromatic rings. The van der Waals surface area contributed by atoms with Gasteiger partial charge >= 0.3 is 5.97 Å². The maximum atomic E-state index is 12.6. The van der Waals surface area contributed by atoms with Crippen LogP contribution in [0.4, 0.5) is 5.00 Å². The maximum Gasteiger partial charge on any atom is 0.339 e. The number of halogens is 1. The van der Waals surface area contributed by atoms with Crippen molar-refractivity contribution in [2.45, 2.75) is 26.2 Å². The molecule has 2 aromatic carbocycles. The third kappa shape index (κ3) is 4.26. The monoisotopic (exact) mass is 413 g/mol. The van der Waals surface area contributed by atoms with Crippen molar-refractivity contribution >= 4 is 39.8 Å². The van der Waals surface area contributed by atoms with E-state index in [1.54, 1.807) is 41.8 Å². The largest absolute Gasteiger partial charge is 0.478 e. The standard InChI is InChI=1S/C22H20ClNO3S/c1-22(2,3)15-8-4-14(5-9-15)19(25)24-20-18(21(26)27)17(12-28-20)13-6-10-16(23)11-7-13/h4-12H,1-3H3,(H,24,25)(H,26,27). The van der Waals surface area contributed by atoms with Crippen molar-refractivity contribution in [3.8, 4) is 11.1 Å². The van der Waals surface area contributed by atoms with E-state index in [9.17, 15) is 14.7 Å². The van der Waals surface area contributed by atoms with Crippen LogP contribution in [0.2, 0.25) is 5.02 Å². The first-order valence-corrected chi connectivity index (χ1v) is 9.95. The average Bonchev–Trinajstić information content (AvgIpc) is 3.05. The summed E-state index contributed by atoms with van der Waals surface area (Å²) in [6.45, 7) is 6.31. The van der Waals surface area contributed by atoms with Crippen LogP contribution in [0.15, 0.2) is 53.9 Å². The molecule has 28 heavy (non-hydrogen) atoms. The molecule has 1 amide bonds. The smallest absolute Gasteiger partial charge is 0.339 e. The molecule has 0 aliphatic rings. The molecule has 0 atom stereocenters. The second kappa shape index (κ2) is 7.78. The number of carbonyl (C=O) groups is 2. The molecular formula is C22H20ClNO3S. The molecule has 144 valence electrons. The molecule has 4 nitrogen and oxygen atoms in total. The SMILES string of the molecule is CC(C)(C)c1ccc(C(=O)Nc2scc(-c3ccc(Cl)cc3)c2C(=O)O)cc1. The maximum absolute atomic E-state index is 12.6. The zero-order valence-corrected chi connectivity index (χ0v) is 17.3. The minimum atomic E-state index is -1.09. The number of carboxylic acid groups (broad SMARTS) is 1. The first kappa shape index (κ1) is 20.1. The van der Waals surface area contributed by atoms with Gasteiger partial charge in [0.05, 0.1) is 0 Å². The Morgan fingerprint density at radius 3 is 2.14 bits per heavy atom. The van der Waals surface area contributed by atoms with Gasteiger partial charge in [-0.2, -0.15) is 0 Å². The summed E-state index contributed by atoms with van der Waals surface area (Å²) >= 11 is 7.10. The molecule has 6 heteroatoms. The van der Waals surface area contributed by atoms with Gasteiger partial charge in [-0.05, 0) is 40.8 Å². The number of rotatable bonds is 4. The fraction of sp³-hybridized carbons (Fsp3) is 0.182. The van der Waals surface area contributed by atoms with Crippen LogP contribution < -0.4 is 5.32 Å². The Bertz CT molecular complexity index is 1020. The van der Waals surface area contributed by atoms with Crippen LogP contribution in [0, 0.1) is 0 Å². The summed E-state index contributed by atoms with van der Waals surface area (Å²) < 4.78 is 0. The second-order valence-corrected chi connectivity index (χ2v) is 8.76. The van der Waals surface area contributed by atoms with Crippen LogP contribution in [0.3, 0.4) is 0 Å². The molecule has 1 heterocycles. The molecule has 0 unspecified atom stereocenters. The van der Waals surface area contributed by atoms with Gasteiger partial charge in [-0.15, -0.1) is 11.3 Å². The summed E-state index contributed by atoms with van der Waals surface area (Å²) in [4.78, 5) is 24.5. The predicted molar refractivity (Wildman–Crippen MR) is 115 cm³/mol. The highest BCUT2D eigenvalue weighted by Crippen LogP contribution is 2.36. The Balaban J connectivity index is 1.89. The van der Waals surface area contributed by atoms with E-state index in [-0.39, 0.29) is 16.9 Å². The Morgan fingerprint density at radius 2 is 1.61 bits per heavy atom. The topological polar surface area (TPSA) is 66.4 Å². The van der Waals surface area contributed by atoms with Crippen LogP contribution in [0.1, 0.15) is 47.1 Å². The van der Waals surface area contributed by atoms with Gasteiger partial charge in [0.2, 0.25) is 0 Å². The quantitative estimate of drug-likeness (QED) is 0.526. The molecule has 1 aromatic heterocycles. The number of aromatic carboxylic acids is 1. The number of amides is 1. The molecule has 0 aliphatic carbocycles. The van der Waals surface area contributed by atoms with Gasteiger partial charge in [-0.3, -0.25) is 4.79 Å². The van der Waals surface area contributed by atoms with Gasteiger partial charge < -0.3 is 10.4 Å². The fourth-order valence-electron chi connectivity index (χ4n) is 2.80. The molecule has 2 N–H and O–H groups in total. The summed E-state index contributed by atoms with van der Waals surface area (Å²) in [6, 6.07) is 14.3. The minimum absolute atomic E-state index is 0.00723. The number of benzene rings is 2. The molecule has 0 spiro atoms. The van der Waals surface area contributed by atoms with Crippen LogP contribution in [-0.2, 0) is 5.41 Å². The van der Waals surface area contributed by atoms with Gasteiger partial charge in [0.1, 0.15) is 10.6 Å². The van der Waals surface area contributed by atoms with Crippen molar-refractivity contribution in [1.29, 1.82) is 0 Å². The summed E-state index contributed by atoms with van der Waals surface area (Å²) in [7, 11) is 0. The van der Waals surface area contributed by atoms with Crippen molar-refractivity contribution < 1.29 is 14.7 Å². The van der Waals surface area contributed by atoms with Gasteiger partial charge in [0.15, 0.2) is 0 Å². The highest BCUT2D eigenvalue weighted by Gasteiger charge is 2.22. The number of nitrogens with one attached hydrogen (secondary N) is 1. The molecule has 0 radical (unpaired) electrons. The van der Waals surface area contributed by atoms with Gasteiger partial charge in [-0.1, -0.05) is 56.6 Å². The third-order valence-electron chi connectivity index (χ3n) is 4.40. The lowest BCUT2D eigenvalue weighted by Gasteiger charge is -2.19. The Morgan fingerprint density at radius 1 is 1.00 bits per heavy atom. The Kier molecular flexibility index (Phi) is 5.59. The van der Waals surface area contributed by atoms with Gasteiger partial charge in [-0.25, -0.2) is 4.79 Å². The number of hydrogen-bond acceptors (Lipinski definition) is 3. The van der Waals surface area contributed by atoms with E-state index in [4.69, 9.17) is 11.6 Å². The Hall–Kier alpha value is -2.63. The number of thiophene rings is 1. The fourth-order valence-corrected chi connectivity index (χ4v) is 3.88. The Labute approximate surface area is 172 Å². The first-order valence-electron chi connectivity index (χ1n) is 8.69. The molecule has 0 saturated carbocycles. The number of carbonyl (C=O) groups excluding carboxylic acids is 1. The van der Waals surface area contributed by atoms with E-state index in [1.807, 2.05) is 12.1 Å². The predicted octanol–water partition coefficient (Wildman–Crippen LogP) is 6.32. The second-order valence-electron chi connectivity index (χ2n) is 7.45. The van der Waals surface area contributed by atoms with E-state index in [0.29, 0.717) is 21.2 Å². The lowest BCUT2D eigenvalue weighted by Crippen LogP contribution is -2.15. The van der Waals surface area contributed by atoms with Crippen molar-refractivity contribution in [3.63, 3.8) is 0 Å². The lowest BCUT2D eigenvalue weighted by molar-refractivity contribution is 0.0699. The average molecular weight is 414 g/mol. The van der Waals surface area contributed by atoms with E-state index in [1.165, 1.54) is 11.3 Å². The number of anilines is 1. The number of carboxylic acids is 1. The first-order chi connectivity index (χ1) is 13.2. The highest BCUT2D eigenvalue weighted by atomic mass is 35.5. The summed E-state index contributed by atoms with van der Waals surface area (Å²) in [5.74, 6) is -1.43. The van der Waals surface area contributed by atoms with E-state index in [0.717, 1.165) is 11.1 Å². The zero-order chi connectivity index (χ0) is 20.5. The minimum Gasteiger partial charge on any atom is -0.478 e. The third-order valence-corrected chi connectivity index (χ3v) is 5.55. The van der Waals surface area contributed by atoms with Crippen molar-refractivity contribution in [2.24, 2.45) is 0 Å². The van der Waals surface area contributed by atoms with Gasteiger partial charge in [0.25, 0.3) is 5.91 Å². The molecule has 0 saturated heterocycles. The summed E-state index contributed by atoms with van der Waals surface area (Å²) in [5, 5.41) is 15.0. The van der Waals surface area contributed by atoms with E-state index >= 15 is 0 Å². The van der Waals surface area contributed by atoms with E-state index in [2.05, 4.69) is 26.1 Å². The molecule has 0 aliphatic heterocycles.